The highest BCUT2D eigenvalue weighted by atomic mass is 16.8. The van der Waals surface area contributed by atoms with Crippen LogP contribution in [0, 0.1) is 29.6 Å². The molecule has 4 aliphatic heterocycles. The van der Waals surface area contributed by atoms with Gasteiger partial charge in [0.25, 0.3) is 17.7 Å². The number of ether oxygens (including phenoxy) is 5. The molecule has 3 saturated heterocycles. The molecule has 594 valence electrons. The van der Waals surface area contributed by atoms with Crippen molar-refractivity contribution in [1.29, 1.82) is 0 Å². The van der Waals surface area contributed by atoms with Gasteiger partial charge in [-0.2, -0.15) is 0 Å². The number of unbranched alkanes of at least 4 members (excludes halogenated alkanes) is 2. The molecular weight excluding hydrogens is 1380 g/mol. The lowest BCUT2D eigenvalue weighted by atomic mass is 9.89. The fourth-order valence-corrected chi connectivity index (χ4v) is 14.6. The predicted octanol–water partition coefficient (Wildman–Crippen LogP) is 3.58. The van der Waals surface area contributed by atoms with Crippen LogP contribution < -0.4 is 48.3 Å². The minimum atomic E-state index is -1.37. The fraction of sp³-hybridized carbons (Fsp3) is 0.662. The highest BCUT2D eigenvalue weighted by Gasteiger charge is 2.58. The number of urea groups is 1. The second-order valence-corrected chi connectivity index (χ2v) is 30.3. The van der Waals surface area contributed by atoms with Gasteiger partial charge >= 0.3 is 6.03 Å². The van der Waals surface area contributed by atoms with Crippen molar-refractivity contribution in [3.63, 3.8) is 0 Å². The Bertz CT molecular complexity index is 3370. The number of hydrogen-bond acceptors (Lipinski definition) is 18. The first kappa shape index (κ1) is 87.5. The molecule has 15 atom stereocenters. The van der Waals surface area contributed by atoms with Crippen molar-refractivity contribution in [2.24, 2.45) is 35.3 Å². The van der Waals surface area contributed by atoms with Crippen molar-refractivity contribution in [2.75, 3.05) is 66.9 Å². The van der Waals surface area contributed by atoms with Gasteiger partial charge in [-0.05, 0) is 120 Å². The van der Waals surface area contributed by atoms with Gasteiger partial charge in [-0.3, -0.25) is 62.5 Å². The summed E-state index contributed by atoms with van der Waals surface area (Å²) in [5.41, 5.74) is 7.27. The first-order valence-electron chi connectivity index (χ1n) is 37.7. The largest absolute Gasteiger partial charge is 0.379 e. The molecule has 9 unspecified atom stereocenters. The summed E-state index contributed by atoms with van der Waals surface area (Å²) >= 11 is 0. The van der Waals surface area contributed by atoms with E-state index in [0.29, 0.717) is 57.2 Å². The second-order valence-electron chi connectivity index (χ2n) is 30.3. The highest BCUT2D eigenvalue weighted by Crippen LogP contribution is 2.38. The van der Waals surface area contributed by atoms with Gasteiger partial charge in [0, 0.05) is 78.1 Å². The Balaban J connectivity index is 1.06. The number of carbonyl (C=O) groups excluding carboxylic acids is 12. The summed E-state index contributed by atoms with van der Waals surface area (Å²) in [6.45, 7) is 21.0. The van der Waals surface area contributed by atoms with Gasteiger partial charge in [0.2, 0.25) is 47.3 Å². The van der Waals surface area contributed by atoms with Gasteiger partial charge in [0.05, 0.1) is 48.7 Å². The topological polar surface area (TPSA) is 386 Å². The number of fused-ring (bicyclic) bond motifs is 1. The lowest BCUT2D eigenvalue weighted by Crippen LogP contribution is -2.59. The van der Waals surface area contributed by atoms with Crippen LogP contribution in [-0.4, -0.2) is 237 Å². The normalized spacial score (nSPS) is 21.0. The summed E-state index contributed by atoms with van der Waals surface area (Å²) in [7, 11) is 8.39. The van der Waals surface area contributed by atoms with Crippen molar-refractivity contribution in [3.8, 4) is 0 Å². The van der Waals surface area contributed by atoms with E-state index in [4.69, 9.17) is 29.4 Å². The number of rotatable bonds is 42. The number of methoxy groups -OCH3 is 2. The number of amides is 13. The van der Waals surface area contributed by atoms with E-state index in [9.17, 15) is 57.5 Å². The number of likely N-dealkylation sites (N-methyl/N-ethyl adjacent to an activating group) is 2. The van der Waals surface area contributed by atoms with Crippen molar-refractivity contribution in [2.45, 2.75) is 238 Å². The molecule has 0 bridgehead atoms. The zero-order chi connectivity index (χ0) is 79.1. The van der Waals surface area contributed by atoms with Crippen molar-refractivity contribution in [1.82, 2.24) is 56.8 Å². The zero-order valence-electron chi connectivity index (χ0n) is 65.4. The molecule has 0 saturated carbocycles. The number of nitrogens with two attached hydrogens (primary N) is 1. The van der Waals surface area contributed by atoms with Crippen LogP contribution in [0.3, 0.4) is 0 Å². The lowest BCUT2D eigenvalue weighted by Gasteiger charge is -2.41. The van der Waals surface area contributed by atoms with Gasteiger partial charge in [-0.15, -0.1) is 0 Å². The summed E-state index contributed by atoms with van der Waals surface area (Å²) < 4.78 is 30.3. The molecule has 13 amide bonds. The van der Waals surface area contributed by atoms with E-state index in [1.807, 2.05) is 90.9 Å². The number of carbonyl (C=O) groups is 12. The molecule has 0 radical (unpaired) electrons. The number of imide groups is 1. The number of hydrogen-bond donors (Lipinski definition) is 9. The smallest absolute Gasteiger partial charge is 0.312 e. The van der Waals surface area contributed by atoms with E-state index in [2.05, 4.69) is 42.5 Å². The molecule has 0 spiro atoms. The Labute approximate surface area is 630 Å². The predicted molar refractivity (Wildman–Crippen MR) is 400 cm³/mol. The Kier molecular flexibility index (Phi) is 33.7. The average Bonchev–Trinajstić information content (AvgIpc) is 1.61. The molecule has 6 rings (SSSR count). The van der Waals surface area contributed by atoms with Crippen molar-refractivity contribution >= 4 is 76.7 Å². The summed E-state index contributed by atoms with van der Waals surface area (Å²) in [6.07, 6.45) is 1.65. The monoisotopic (exact) mass is 1500 g/mol. The van der Waals surface area contributed by atoms with E-state index in [1.165, 1.54) is 26.4 Å². The van der Waals surface area contributed by atoms with E-state index >= 15 is 0 Å². The molecule has 2 aromatic rings. The number of nitrogens with one attached hydrogen (secondary N) is 8. The first-order valence-corrected chi connectivity index (χ1v) is 37.7. The minimum absolute atomic E-state index is 0.0114. The third-order valence-corrected chi connectivity index (χ3v) is 20.5. The first-order chi connectivity index (χ1) is 50.6. The van der Waals surface area contributed by atoms with Gasteiger partial charge in [0.1, 0.15) is 30.3 Å². The van der Waals surface area contributed by atoms with E-state index in [1.54, 1.807) is 75.7 Å². The molecule has 30 nitrogen and oxygen atoms in total. The summed E-state index contributed by atoms with van der Waals surface area (Å²) in [5.74, 6) is -7.76. The van der Waals surface area contributed by atoms with Crippen molar-refractivity contribution in [3.05, 3.63) is 77.9 Å². The van der Waals surface area contributed by atoms with Crippen LogP contribution in [-0.2, 0) is 89.3 Å². The molecule has 4 aliphatic rings. The maximum Gasteiger partial charge on any atom is 0.312 e. The molecule has 0 aromatic heterocycles. The quantitative estimate of drug-likeness (QED) is 0.0339. The van der Waals surface area contributed by atoms with Crippen molar-refractivity contribution < 1.29 is 81.2 Å². The van der Waals surface area contributed by atoms with Crippen LogP contribution in [0.1, 0.15) is 151 Å². The van der Waals surface area contributed by atoms with Crippen LogP contribution in [0.15, 0.2) is 66.7 Å². The number of nitrogens with zero attached hydrogens (tertiary/aromatic N) is 4. The van der Waals surface area contributed by atoms with Crippen LogP contribution in [0.2, 0.25) is 0 Å². The van der Waals surface area contributed by atoms with E-state index in [-0.39, 0.29) is 99.0 Å². The summed E-state index contributed by atoms with van der Waals surface area (Å²) in [5, 5.41) is 22.8. The van der Waals surface area contributed by atoms with Crippen LogP contribution in [0.5, 0.6) is 0 Å². The molecule has 10 N–H and O–H groups in total. The molecule has 2 aromatic carbocycles. The van der Waals surface area contributed by atoms with Gasteiger partial charge < -0.3 is 81.8 Å². The SMILES string of the molecule is CCC(C)C(C(CC(=O)N1CCCC1C(OC)C(C)C(=O)N[C@@H](Cc1ccccc1)C(=O)NCCc1ccc(NC(=O)C(CCCNC(N)=O)NC(=O)[C@H](NC(=O)C2O[C@@H]3OC(C)(C)O[C@@H]3[C@@H]2NC(=O)CCCCCN2C(=O)C=CC2=O)C(C)C)cc1)OC)N(C)C(=O)[C@@H](NC(=O)C(C(C)C)N(C)C)C(C)C. The maximum atomic E-state index is 14.7. The molecule has 30 heteroatoms. The molecule has 107 heavy (non-hydrogen) atoms. The third kappa shape index (κ3) is 24.8. The van der Waals surface area contributed by atoms with Gasteiger partial charge in [-0.1, -0.05) is 118 Å². The maximum absolute atomic E-state index is 14.7. The zero-order valence-corrected chi connectivity index (χ0v) is 65.4. The number of anilines is 1. The van der Waals surface area contributed by atoms with E-state index in [0.717, 1.165) is 16.0 Å². The standard InChI is InChI=1S/C77H119N13O17/c1-17-47(8)64(88(14)74(101)61(45(4)5)86-72(99)63(46(6)7)87(12)13)55(103-15)43-59(94)89-41-25-29-54(89)65(104-16)48(9)68(95)83-53(42-50-26-20-18-21-27-50)69(96)79-39-37-49-31-33-51(34-32-49)81-70(97)52(28-24-38-80-76(78)102)82-71(98)60(44(2)3)85-73(100)66-62(67-75(105-66)107-77(10,11)106-67)84-56(91)30-22-19-23-40-90-57(92)35-36-58(90)93/h18,20-21,26-27,31-36,44-48,52-55,60-67,75H,17,19,22-25,28-30,37-43H2,1-16H3,(H,79,96)(H,81,97)(H,82,98)(H,83,95)(H,84,91)(H,85,100)(H,86,99)(H3,78,80,102)/t47?,48?,52?,53-,54?,55?,60+,61-,62+,63?,64?,65?,66?,67+,75+/m0/s1. The average molecular weight is 1500 g/mol. The second kappa shape index (κ2) is 41.2. The minimum Gasteiger partial charge on any atom is -0.379 e. The highest BCUT2D eigenvalue weighted by molar-refractivity contribution is 6.12. The number of primary amides is 1. The Morgan fingerprint density at radius 3 is 1.94 bits per heavy atom. The molecular formula is C77H119N13O17. The van der Waals surface area contributed by atoms with Crippen LogP contribution in [0.25, 0.3) is 0 Å². The summed E-state index contributed by atoms with van der Waals surface area (Å²) in [4.78, 5) is 170. The molecule has 3 fully saturated rings. The number of likely N-dealkylation sites (tertiary alicyclic amines) is 1. The number of benzene rings is 2. The molecule has 4 heterocycles. The molecule has 0 aliphatic carbocycles. The van der Waals surface area contributed by atoms with Gasteiger partial charge in [-0.25, -0.2) is 4.79 Å². The Morgan fingerprint density at radius 1 is 0.692 bits per heavy atom. The van der Waals surface area contributed by atoms with Gasteiger partial charge in [0.15, 0.2) is 18.2 Å². The van der Waals surface area contributed by atoms with E-state index < -0.39 is 138 Å². The summed E-state index contributed by atoms with van der Waals surface area (Å²) in [6, 6.07) is 8.52. The lowest BCUT2D eigenvalue weighted by molar-refractivity contribution is -0.208. The Morgan fingerprint density at radius 2 is 1.35 bits per heavy atom. The van der Waals surface area contributed by atoms with Crippen LogP contribution in [0.4, 0.5) is 10.5 Å². The van der Waals surface area contributed by atoms with Crippen LogP contribution >= 0.6 is 0 Å². The third-order valence-electron chi connectivity index (χ3n) is 20.5. The Hall–Kier alpha value is -8.42. The fourth-order valence-electron chi connectivity index (χ4n) is 14.6.